The van der Waals surface area contributed by atoms with Crippen molar-refractivity contribution in [3.63, 3.8) is 0 Å². The minimum Gasteiger partial charge on any atom is -0.310 e. The van der Waals surface area contributed by atoms with Gasteiger partial charge in [0.1, 0.15) is 11.4 Å². The predicted molar refractivity (Wildman–Crippen MR) is 41.2 cm³/mol. The molecule has 0 saturated carbocycles. The molecular formula is C6H8N4O2. The van der Waals surface area contributed by atoms with Gasteiger partial charge in [-0.25, -0.2) is 10.8 Å². The van der Waals surface area contributed by atoms with E-state index in [9.17, 15) is 9.59 Å². The number of carbonyl (C=O) groups excluding carboxylic acids is 1. The second kappa shape index (κ2) is 3.14. The number of nitrogens with two attached hydrogens (primary N) is 1. The van der Waals surface area contributed by atoms with Crippen LogP contribution in [0.2, 0.25) is 0 Å². The summed E-state index contributed by atoms with van der Waals surface area (Å²) in [5.74, 6) is 4.63. The molecule has 0 aliphatic rings. The van der Waals surface area contributed by atoms with Crippen LogP contribution in [0.4, 0.5) is 0 Å². The van der Waals surface area contributed by atoms with E-state index in [2.05, 4.69) is 9.97 Å². The van der Waals surface area contributed by atoms with Crippen LogP contribution in [0, 0.1) is 6.92 Å². The molecule has 0 spiro atoms. The maximum absolute atomic E-state index is 11.0. The van der Waals surface area contributed by atoms with Gasteiger partial charge < -0.3 is 4.98 Å². The van der Waals surface area contributed by atoms with Gasteiger partial charge in [0.15, 0.2) is 0 Å². The van der Waals surface area contributed by atoms with Gasteiger partial charge in [-0.1, -0.05) is 0 Å². The number of hydrogen-bond donors (Lipinski definition) is 3. The van der Waals surface area contributed by atoms with E-state index in [0.29, 0.717) is 5.82 Å². The molecule has 1 aromatic heterocycles. The fraction of sp³-hybridized carbons (Fsp3) is 0.167. The summed E-state index contributed by atoms with van der Waals surface area (Å²) in [6.07, 6.45) is 1.18. The summed E-state index contributed by atoms with van der Waals surface area (Å²) in [7, 11) is 0. The number of nitrogens with zero attached hydrogens (tertiary/aromatic N) is 1. The van der Waals surface area contributed by atoms with E-state index in [0.717, 1.165) is 0 Å². The van der Waals surface area contributed by atoms with E-state index in [4.69, 9.17) is 5.84 Å². The van der Waals surface area contributed by atoms with Gasteiger partial charge in [0.2, 0.25) is 0 Å². The molecule has 1 rings (SSSR count). The number of amides is 1. The Kier molecular flexibility index (Phi) is 2.20. The topological polar surface area (TPSA) is 101 Å². The van der Waals surface area contributed by atoms with Crippen LogP contribution < -0.4 is 16.8 Å². The van der Waals surface area contributed by atoms with Crippen molar-refractivity contribution in [1.82, 2.24) is 15.4 Å². The number of H-pyrrole nitrogens is 1. The van der Waals surface area contributed by atoms with Crippen LogP contribution in [0.25, 0.3) is 0 Å². The number of hydrogen-bond acceptors (Lipinski definition) is 4. The van der Waals surface area contributed by atoms with Gasteiger partial charge in [-0.2, -0.15) is 0 Å². The highest BCUT2D eigenvalue weighted by molar-refractivity contribution is 5.92. The van der Waals surface area contributed by atoms with Gasteiger partial charge in [-0.15, -0.1) is 0 Å². The Bertz CT molecular complexity index is 357. The van der Waals surface area contributed by atoms with Crippen molar-refractivity contribution in [2.45, 2.75) is 6.92 Å². The Morgan fingerprint density at radius 2 is 2.42 bits per heavy atom. The van der Waals surface area contributed by atoms with Crippen LogP contribution in [0.1, 0.15) is 16.2 Å². The molecule has 0 radical (unpaired) electrons. The number of nitrogen functional groups attached to an aromatic ring is 1. The molecule has 6 nitrogen and oxygen atoms in total. The smallest absolute Gasteiger partial charge is 0.272 e. The van der Waals surface area contributed by atoms with Crippen LogP contribution >= 0.6 is 0 Å². The van der Waals surface area contributed by atoms with Crippen molar-refractivity contribution in [1.29, 1.82) is 0 Å². The first-order valence-corrected chi connectivity index (χ1v) is 3.22. The van der Waals surface area contributed by atoms with Crippen molar-refractivity contribution in [2.24, 2.45) is 5.84 Å². The van der Waals surface area contributed by atoms with E-state index >= 15 is 0 Å². The first-order valence-electron chi connectivity index (χ1n) is 3.22. The first kappa shape index (κ1) is 8.41. The Morgan fingerprint density at radius 3 is 2.92 bits per heavy atom. The van der Waals surface area contributed by atoms with Crippen LogP contribution in [0.15, 0.2) is 11.0 Å². The molecule has 0 unspecified atom stereocenters. The highest BCUT2D eigenvalue weighted by Crippen LogP contribution is 1.86. The normalized spacial score (nSPS) is 9.50. The second-order valence-corrected chi connectivity index (χ2v) is 2.18. The van der Waals surface area contributed by atoms with Gasteiger partial charge in [-0.05, 0) is 6.92 Å². The highest BCUT2D eigenvalue weighted by Gasteiger charge is 2.08. The Balaban J connectivity index is 3.19. The molecule has 6 heteroatoms. The van der Waals surface area contributed by atoms with Crippen LogP contribution in [0.3, 0.4) is 0 Å². The average molecular weight is 168 g/mol. The number of rotatable bonds is 1. The van der Waals surface area contributed by atoms with Gasteiger partial charge >= 0.3 is 0 Å². The molecule has 1 amide bonds. The lowest BCUT2D eigenvalue weighted by Gasteiger charge is -1.97. The Hall–Kier alpha value is -1.69. The van der Waals surface area contributed by atoms with Crippen molar-refractivity contribution in [3.8, 4) is 0 Å². The number of nitrogens with one attached hydrogen (secondary N) is 2. The number of aromatic nitrogens is 2. The van der Waals surface area contributed by atoms with Crippen LogP contribution in [-0.2, 0) is 0 Å². The number of aryl methyl sites for hydroxylation is 1. The summed E-state index contributed by atoms with van der Waals surface area (Å²) in [4.78, 5) is 28.0. The predicted octanol–water partition coefficient (Wildman–Crippen LogP) is -1.32. The van der Waals surface area contributed by atoms with Crippen LogP contribution in [0.5, 0.6) is 0 Å². The zero-order chi connectivity index (χ0) is 9.14. The SMILES string of the molecule is Cc1ncc(C(=O)NN)c(=O)[nH]1. The lowest BCUT2D eigenvalue weighted by atomic mass is 10.3. The third kappa shape index (κ3) is 1.48. The van der Waals surface area contributed by atoms with Gasteiger partial charge in [-0.3, -0.25) is 15.0 Å². The van der Waals surface area contributed by atoms with Gasteiger partial charge in [0.05, 0.1) is 0 Å². The maximum Gasteiger partial charge on any atom is 0.272 e. The van der Waals surface area contributed by atoms with E-state index in [1.54, 1.807) is 6.92 Å². The molecule has 0 saturated heterocycles. The Morgan fingerprint density at radius 1 is 1.75 bits per heavy atom. The van der Waals surface area contributed by atoms with Gasteiger partial charge in [0, 0.05) is 6.20 Å². The van der Waals surface area contributed by atoms with Crippen LogP contribution in [-0.4, -0.2) is 15.9 Å². The molecule has 1 aromatic rings. The minimum absolute atomic E-state index is 0.0944. The van der Waals surface area contributed by atoms with E-state index in [1.807, 2.05) is 5.43 Å². The second-order valence-electron chi connectivity index (χ2n) is 2.18. The van der Waals surface area contributed by atoms with Crippen molar-refractivity contribution in [3.05, 3.63) is 27.9 Å². The summed E-state index contributed by atoms with van der Waals surface area (Å²) in [6.45, 7) is 1.62. The number of aromatic amines is 1. The standard InChI is InChI=1S/C6H8N4O2/c1-3-8-2-4(5(11)9-3)6(12)10-7/h2H,7H2,1H3,(H,10,12)(H,8,9,11). The molecule has 0 fully saturated rings. The third-order valence-electron chi connectivity index (χ3n) is 1.30. The molecule has 0 aromatic carbocycles. The molecular weight excluding hydrogens is 160 g/mol. The molecule has 0 atom stereocenters. The van der Waals surface area contributed by atoms with E-state index in [1.165, 1.54) is 6.20 Å². The fourth-order valence-corrected chi connectivity index (χ4v) is 0.723. The lowest BCUT2D eigenvalue weighted by molar-refractivity contribution is 0.0951. The summed E-state index contributed by atoms with van der Waals surface area (Å²) in [6, 6.07) is 0. The molecule has 12 heavy (non-hydrogen) atoms. The van der Waals surface area contributed by atoms with E-state index < -0.39 is 11.5 Å². The minimum atomic E-state index is -0.649. The van der Waals surface area contributed by atoms with Crippen molar-refractivity contribution >= 4 is 5.91 Å². The summed E-state index contributed by atoms with van der Waals surface area (Å²) in [5, 5.41) is 0. The molecule has 4 N–H and O–H groups in total. The fourth-order valence-electron chi connectivity index (χ4n) is 0.723. The van der Waals surface area contributed by atoms with Crippen molar-refractivity contribution < 1.29 is 4.79 Å². The quantitative estimate of drug-likeness (QED) is 0.275. The van der Waals surface area contributed by atoms with Crippen molar-refractivity contribution in [2.75, 3.05) is 0 Å². The summed E-state index contributed by atoms with van der Waals surface area (Å²) < 4.78 is 0. The largest absolute Gasteiger partial charge is 0.310 e. The summed E-state index contributed by atoms with van der Waals surface area (Å²) >= 11 is 0. The zero-order valence-electron chi connectivity index (χ0n) is 6.42. The average Bonchev–Trinajstić information content (AvgIpc) is 2.03. The first-order chi connectivity index (χ1) is 5.65. The molecule has 1 heterocycles. The molecule has 0 aliphatic carbocycles. The summed E-state index contributed by atoms with van der Waals surface area (Å²) in [5.41, 5.74) is 1.25. The molecule has 0 aliphatic heterocycles. The monoisotopic (exact) mass is 168 g/mol. The van der Waals surface area contributed by atoms with Gasteiger partial charge in [0.25, 0.3) is 11.5 Å². The maximum atomic E-state index is 11.0. The zero-order valence-corrected chi connectivity index (χ0v) is 6.42. The molecule has 0 bridgehead atoms. The van der Waals surface area contributed by atoms with E-state index in [-0.39, 0.29) is 5.56 Å². The molecule has 64 valence electrons. The third-order valence-corrected chi connectivity index (χ3v) is 1.30. The Labute approximate surface area is 67.8 Å². The lowest BCUT2D eigenvalue weighted by Crippen LogP contribution is -2.34. The number of carbonyl (C=O) groups is 1. The number of hydrazine groups is 1. The highest BCUT2D eigenvalue weighted by atomic mass is 16.2.